The maximum atomic E-state index is 11.3. The molecule has 0 saturated carbocycles. The van der Waals surface area contributed by atoms with E-state index < -0.39 is 0 Å². The van der Waals surface area contributed by atoms with E-state index >= 15 is 0 Å². The number of ether oxygens (including phenoxy) is 1. The molecule has 0 radical (unpaired) electrons. The van der Waals surface area contributed by atoms with Gasteiger partial charge in [0, 0.05) is 30.9 Å². The van der Waals surface area contributed by atoms with E-state index in [1.807, 2.05) is 11.4 Å². The number of pyridine rings is 1. The lowest BCUT2D eigenvalue weighted by Gasteiger charge is -2.02. The molecular weight excluding hydrogens is 212 g/mol. The van der Waals surface area contributed by atoms with Gasteiger partial charge in [-0.3, -0.25) is 4.79 Å². The van der Waals surface area contributed by atoms with Crippen molar-refractivity contribution in [3.63, 3.8) is 0 Å². The van der Waals surface area contributed by atoms with Crippen LogP contribution >= 0.6 is 11.3 Å². The topological polar surface area (TPSA) is 44.1 Å². The molecule has 78 valence electrons. The molecular formula is C10H10N2O2S. The molecule has 0 aliphatic rings. The third kappa shape index (κ3) is 2.44. The van der Waals surface area contributed by atoms with Gasteiger partial charge in [0.25, 0.3) is 10.8 Å². The molecule has 0 amide bonds. The maximum absolute atomic E-state index is 11.3. The van der Waals surface area contributed by atoms with Crippen molar-refractivity contribution < 1.29 is 4.74 Å². The molecule has 4 nitrogen and oxygen atoms in total. The molecule has 5 heteroatoms. The van der Waals surface area contributed by atoms with Gasteiger partial charge in [-0.2, -0.15) is 0 Å². The van der Waals surface area contributed by atoms with E-state index in [-0.39, 0.29) is 5.56 Å². The third-order valence-corrected chi connectivity index (χ3v) is 2.62. The Morgan fingerprint density at radius 1 is 1.60 bits per heavy atom. The van der Waals surface area contributed by atoms with E-state index in [4.69, 9.17) is 4.74 Å². The second kappa shape index (κ2) is 4.27. The normalized spacial score (nSPS) is 10.2. The highest BCUT2D eigenvalue weighted by Crippen LogP contribution is 2.14. The second-order valence-electron chi connectivity index (χ2n) is 3.07. The van der Waals surface area contributed by atoms with Crippen LogP contribution in [0.5, 0.6) is 5.19 Å². The Balaban J connectivity index is 2.06. The minimum Gasteiger partial charge on any atom is -0.465 e. The first kappa shape index (κ1) is 9.92. The zero-order valence-corrected chi connectivity index (χ0v) is 9.03. The van der Waals surface area contributed by atoms with E-state index in [2.05, 4.69) is 4.98 Å². The minimum absolute atomic E-state index is 0.0322. The fourth-order valence-corrected chi connectivity index (χ4v) is 1.59. The standard InChI is InChI=1S/C10H10N2O2S/c1-12-4-2-8(6-9(12)13)7-14-10-11-3-5-15-10/h2-6H,7H2,1H3. The van der Waals surface area contributed by atoms with E-state index in [0.717, 1.165) is 5.56 Å². The lowest BCUT2D eigenvalue weighted by atomic mass is 10.3. The van der Waals surface area contributed by atoms with Crippen LogP contribution in [-0.4, -0.2) is 9.55 Å². The quantitative estimate of drug-likeness (QED) is 0.789. The summed E-state index contributed by atoms with van der Waals surface area (Å²) in [5.41, 5.74) is 0.823. The summed E-state index contributed by atoms with van der Waals surface area (Å²) in [4.78, 5) is 15.3. The highest BCUT2D eigenvalue weighted by molar-refractivity contribution is 7.11. The smallest absolute Gasteiger partial charge is 0.273 e. The molecule has 0 bridgehead atoms. The Morgan fingerprint density at radius 2 is 2.47 bits per heavy atom. The summed E-state index contributed by atoms with van der Waals surface area (Å²) in [6, 6.07) is 3.42. The number of hydrogen-bond acceptors (Lipinski definition) is 4. The molecule has 0 aliphatic carbocycles. The number of nitrogens with zero attached hydrogens (tertiary/aromatic N) is 2. The van der Waals surface area contributed by atoms with Gasteiger partial charge in [0.1, 0.15) is 6.61 Å². The van der Waals surface area contributed by atoms with E-state index in [1.54, 1.807) is 25.5 Å². The highest BCUT2D eigenvalue weighted by Gasteiger charge is 1.99. The van der Waals surface area contributed by atoms with Gasteiger partial charge < -0.3 is 9.30 Å². The van der Waals surface area contributed by atoms with Gasteiger partial charge in [0.05, 0.1) is 0 Å². The third-order valence-electron chi connectivity index (χ3n) is 1.94. The molecule has 0 spiro atoms. The van der Waals surface area contributed by atoms with Crippen LogP contribution < -0.4 is 10.3 Å². The molecule has 0 N–H and O–H groups in total. The van der Waals surface area contributed by atoms with Crippen LogP contribution in [0.4, 0.5) is 0 Å². The lowest BCUT2D eigenvalue weighted by molar-refractivity contribution is 0.304. The van der Waals surface area contributed by atoms with Gasteiger partial charge in [-0.25, -0.2) is 4.98 Å². The first-order valence-corrected chi connectivity index (χ1v) is 5.31. The van der Waals surface area contributed by atoms with Gasteiger partial charge in [-0.15, -0.1) is 0 Å². The van der Waals surface area contributed by atoms with Crippen LogP contribution in [-0.2, 0) is 13.7 Å². The fraction of sp³-hybridized carbons (Fsp3) is 0.200. The second-order valence-corrected chi connectivity index (χ2v) is 3.93. The molecule has 0 saturated heterocycles. The Bertz CT molecular complexity index is 490. The number of aromatic nitrogens is 2. The minimum atomic E-state index is -0.0322. The monoisotopic (exact) mass is 222 g/mol. The average molecular weight is 222 g/mol. The number of thiazole rings is 1. The van der Waals surface area contributed by atoms with Crippen molar-refractivity contribution in [2.24, 2.45) is 7.05 Å². The summed E-state index contributed by atoms with van der Waals surface area (Å²) in [5.74, 6) is 0. The van der Waals surface area contributed by atoms with Crippen LogP contribution in [0, 0.1) is 0 Å². The summed E-state index contributed by atoms with van der Waals surface area (Å²) >= 11 is 1.43. The molecule has 0 aliphatic heterocycles. The summed E-state index contributed by atoms with van der Waals surface area (Å²) in [7, 11) is 1.72. The maximum Gasteiger partial charge on any atom is 0.273 e. The van der Waals surface area contributed by atoms with Gasteiger partial charge >= 0.3 is 0 Å². The number of rotatable bonds is 3. The van der Waals surface area contributed by atoms with Crippen molar-refractivity contribution in [2.75, 3.05) is 0 Å². The zero-order chi connectivity index (χ0) is 10.7. The van der Waals surface area contributed by atoms with Crippen LogP contribution in [0.1, 0.15) is 5.56 Å². The molecule has 2 rings (SSSR count). The highest BCUT2D eigenvalue weighted by atomic mass is 32.1. The summed E-state index contributed by atoms with van der Waals surface area (Å²) in [6.07, 6.45) is 3.41. The van der Waals surface area contributed by atoms with Crippen LogP contribution in [0.15, 0.2) is 34.7 Å². The summed E-state index contributed by atoms with van der Waals surface area (Å²) in [6.45, 7) is 0.379. The van der Waals surface area contributed by atoms with Gasteiger partial charge in [-0.05, 0) is 11.6 Å². The first-order chi connectivity index (χ1) is 7.25. The summed E-state index contributed by atoms with van der Waals surface area (Å²) in [5, 5.41) is 2.47. The van der Waals surface area contributed by atoms with E-state index in [9.17, 15) is 4.79 Å². The van der Waals surface area contributed by atoms with Crippen molar-refractivity contribution in [2.45, 2.75) is 6.61 Å². The van der Waals surface area contributed by atoms with Crippen molar-refractivity contribution in [1.29, 1.82) is 0 Å². The van der Waals surface area contributed by atoms with E-state index in [0.29, 0.717) is 11.8 Å². The zero-order valence-electron chi connectivity index (χ0n) is 8.21. The lowest BCUT2D eigenvalue weighted by Crippen LogP contribution is -2.15. The molecule has 0 atom stereocenters. The Hall–Kier alpha value is -1.62. The van der Waals surface area contributed by atoms with Crippen molar-refractivity contribution in [3.05, 3.63) is 45.8 Å². The molecule has 2 aromatic rings. The van der Waals surface area contributed by atoms with Gasteiger partial charge in [0.15, 0.2) is 0 Å². The number of aryl methyl sites for hydroxylation is 1. The Morgan fingerprint density at radius 3 is 3.13 bits per heavy atom. The molecule has 0 unspecified atom stereocenters. The largest absolute Gasteiger partial charge is 0.465 e. The Labute approximate surface area is 90.8 Å². The van der Waals surface area contributed by atoms with Crippen LogP contribution in [0.2, 0.25) is 0 Å². The first-order valence-electron chi connectivity index (χ1n) is 4.43. The molecule has 0 aromatic carbocycles. The van der Waals surface area contributed by atoms with E-state index in [1.165, 1.54) is 15.9 Å². The number of hydrogen-bond donors (Lipinski definition) is 0. The summed E-state index contributed by atoms with van der Waals surface area (Å²) < 4.78 is 6.91. The van der Waals surface area contributed by atoms with Crippen LogP contribution in [0.3, 0.4) is 0 Å². The van der Waals surface area contributed by atoms with Crippen molar-refractivity contribution in [1.82, 2.24) is 9.55 Å². The van der Waals surface area contributed by atoms with Gasteiger partial charge in [0.2, 0.25) is 0 Å². The SMILES string of the molecule is Cn1ccc(COc2nccs2)cc1=O. The van der Waals surface area contributed by atoms with Crippen molar-refractivity contribution >= 4 is 11.3 Å². The predicted octanol–water partition coefficient (Wildman–Crippen LogP) is 1.42. The average Bonchev–Trinajstić information content (AvgIpc) is 2.73. The predicted molar refractivity (Wildman–Crippen MR) is 58.1 cm³/mol. The molecule has 2 heterocycles. The molecule has 2 aromatic heterocycles. The van der Waals surface area contributed by atoms with Crippen LogP contribution in [0.25, 0.3) is 0 Å². The molecule has 15 heavy (non-hydrogen) atoms. The Kier molecular flexibility index (Phi) is 2.82. The van der Waals surface area contributed by atoms with Crippen molar-refractivity contribution in [3.8, 4) is 5.19 Å². The fourth-order valence-electron chi connectivity index (χ4n) is 1.11. The van der Waals surface area contributed by atoms with Gasteiger partial charge in [-0.1, -0.05) is 11.3 Å². The molecule has 0 fully saturated rings.